The Labute approximate surface area is 247 Å². The zero-order valence-corrected chi connectivity index (χ0v) is 25.2. The van der Waals surface area contributed by atoms with Crippen LogP contribution in [0.1, 0.15) is 39.7 Å². The molecule has 1 aromatic rings. The van der Waals surface area contributed by atoms with Gasteiger partial charge in [-0.2, -0.15) is 0 Å². The number of aliphatic hydroxyl groups is 1. The normalized spacial score (nSPS) is 29.3. The molecule has 1 heterocycles. The van der Waals surface area contributed by atoms with Crippen LogP contribution in [0.25, 0.3) is 0 Å². The molecule has 0 aliphatic carbocycles. The van der Waals surface area contributed by atoms with Crippen molar-refractivity contribution < 1.29 is 39.1 Å². The predicted molar refractivity (Wildman–Crippen MR) is 162 cm³/mol. The summed E-state index contributed by atoms with van der Waals surface area (Å²) in [5.41, 5.74) is 7.01. The largest absolute Gasteiger partial charge is 0.506 e. The molecule has 0 saturated heterocycles. The lowest BCUT2D eigenvalue weighted by atomic mass is 9.87. The van der Waals surface area contributed by atoms with E-state index >= 15 is 0 Å². The third-order valence-electron chi connectivity index (χ3n) is 7.25. The van der Waals surface area contributed by atoms with E-state index in [0.717, 1.165) is 0 Å². The number of anilines is 2. The molecule has 232 valence electrons. The van der Waals surface area contributed by atoms with Crippen LogP contribution in [0.2, 0.25) is 0 Å². The molecule has 2 rings (SSSR count). The number of methoxy groups -OCH3 is 2. The molecule has 0 spiro atoms. The lowest BCUT2D eigenvalue weighted by molar-refractivity contribution is -0.112. The van der Waals surface area contributed by atoms with E-state index in [0.29, 0.717) is 41.8 Å². The van der Waals surface area contributed by atoms with Crippen molar-refractivity contribution in [2.75, 3.05) is 31.4 Å². The van der Waals surface area contributed by atoms with Gasteiger partial charge in [0.05, 0.1) is 23.6 Å². The van der Waals surface area contributed by atoms with E-state index in [4.69, 9.17) is 19.9 Å². The number of carbonyl (C=O) groups is 2. The molecule has 1 aliphatic rings. The van der Waals surface area contributed by atoms with Gasteiger partial charge < -0.3 is 45.9 Å². The molecule has 11 nitrogen and oxygen atoms in total. The minimum absolute atomic E-state index is 0.0416. The van der Waals surface area contributed by atoms with Crippen LogP contribution in [0.15, 0.2) is 54.2 Å². The first-order valence-corrected chi connectivity index (χ1v) is 13.8. The SMILES string of the molecule is C=CCNc1c(O)cc2c(O)c1C[C@@H](C)C[C@H](OC)C(O)[C@@H](C)/C=C(\C)C(OC(N)=O)C(OC)/C=C\C=C(/C)C(=O)N2. The second-order valence-electron chi connectivity index (χ2n) is 10.6. The number of hydrogen-bond acceptors (Lipinski definition) is 9. The topological polar surface area (TPSA) is 173 Å². The molecular formula is C31H45N3O8. The van der Waals surface area contributed by atoms with Crippen molar-refractivity contribution >= 4 is 23.4 Å². The molecule has 0 radical (unpaired) electrons. The van der Waals surface area contributed by atoms with E-state index in [-0.39, 0.29) is 23.1 Å². The first kappa shape index (κ1) is 34.4. The minimum atomic E-state index is -0.990. The van der Waals surface area contributed by atoms with Crippen LogP contribution in [0.5, 0.6) is 11.5 Å². The van der Waals surface area contributed by atoms with Crippen LogP contribution < -0.4 is 16.4 Å². The van der Waals surface area contributed by atoms with Gasteiger partial charge in [0.15, 0.2) is 6.10 Å². The molecule has 0 aromatic heterocycles. The summed E-state index contributed by atoms with van der Waals surface area (Å²) in [5.74, 6) is -1.41. The van der Waals surface area contributed by atoms with E-state index in [9.17, 15) is 24.9 Å². The van der Waals surface area contributed by atoms with Crippen LogP contribution in [0, 0.1) is 11.8 Å². The molecular weight excluding hydrogens is 542 g/mol. The second kappa shape index (κ2) is 16.0. The molecule has 0 saturated carbocycles. The van der Waals surface area contributed by atoms with E-state index in [2.05, 4.69) is 17.2 Å². The van der Waals surface area contributed by atoms with Crippen molar-refractivity contribution in [3.8, 4) is 11.5 Å². The Hall–Kier alpha value is -3.80. The third-order valence-corrected chi connectivity index (χ3v) is 7.25. The summed E-state index contributed by atoms with van der Waals surface area (Å²) in [7, 11) is 2.95. The number of fused-ring (bicyclic) bond motifs is 2. The number of benzene rings is 1. The van der Waals surface area contributed by atoms with Gasteiger partial charge in [0.2, 0.25) is 0 Å². The molecule has 6 atom stereocenters. The number of nitrogens with two attached hydrogens (primary N) is 1. The third kappa shape index (κ3) is 9.10. The fraction of sp³-hybridized carbons (Fsp3) is 0.484. The van der Waals surface area contributed by atoms with Gasteiger partial charge in [0.25, 0.3) is 5.91 Å². The number of carbonyl (C=O) groups excluding carboxylic acids is 2. The van der Waals surface area contributed by atoms with Gasteiger partial charge in [-0.25, -0.2) is 4.79 Å². The molecule has 2 bridgehead atoms. The number of phenolic OH excluding ortho intramolecular Hbond substituents is 2. The number of amides is 2. The fourth-order valence-corrected chi connectivity index (χ4v) is 4.98. The summed E-state index contributed by atoms with van der Waals surface area (Å²) in [6.45, 7) is 11.1. The Kier molecular flexibility index (Phi) is 13.1. The zero-order valence-electron chi connectivity index (χ0n) is 25.2. The van der Waals surface area contributed by atoms with Gasteiger partial charge in [-0.05, 0) is 38.2 Å². The number of aromatic hydroxyl groups is 2. The summed E-state index contributed by atoms with van der Waals surface area (Å²) in [6.07, 6.45) is 4.64. The molecule has 3 unspecified atom stereocenters. The Morgan fingerprint density at radius 3 is 2.52 bits per heavy atom. The lowest BCUT2D eigenvalue weighted by Gasteiger charge is -2.29. The number of nitrogens with one attached hydrogen (secondary N) is 2. The first-order chi connectivity index (χ1) is 19.8. The molecule has 1 aromatic carbocycles. The van der Waals surface area contributed by atoms with Crippen molar-refractivity contribution in [1.29, 1.82) is 0 Å². The van der Waals surface area contributed by atoms with Crippen LogP contribution in [0.3, 0.4) is 0 Å². The Bertz CT molecular complexity index is 1210. The van der Waals surface area contributed by atoms with Gasteiger partial charge >= 0.3 is 6.09 Å². The average Bonchev–Trinajstić information content (AvgIpc) is 2.94. The first-order valence-electron chi connectivity index (χ1n) is 13.8. The van der Waals surface area contributed by atoms with E-state index in [1.807, 2.05) is 13.8 Å². The van der Waals surface area contributed by atoms with E-state index in [1.165, 1.54) is 26.4 Å². The Balaban J connectivity index is 2.67. The number of aliphatic hydroxyl groups excluding tert-OH is 1. The fourth-order valence-electron chi connectivity index (χ4n) is 4.98. The lowest BCUT2D eigenvalue weighted by Crippen LogP contribution is -2.37. The van der Waals surface area contributed by atoms with Crippen molar-refractivity contribution in [1.82, 2.24) is 0 Å². The molecule has 7 N–H and O–H groups in total. The van der Waals surface area contributed by atoms with Crippen LogP contribution in [-0.4, -0.2) is 72.5 Å². The highest BCUT2D eigenvalue weighted by Crippen LogP contribution is 2.42. The van der Waals surface area contributed by atoms with Gasteiger partial charge in [-0.3, -0.25) is 4.79 Å². The van der Waals surface area contributed by atoms with Crippen molar-refractivity contribution in [2.45, 2.75) is 65.0 Å². The predicted octanol–water partition coefficient (Wildman–Crippen LogP) is 4.16. The number of ether oxygens (including phenoxy) is 3. The summed E-state index contributed by atoms with van der Waals surface area (Å²) in [5, 5.41) is 39.1. The number of hydrogen-bond donors (Lipinski definition) is 6. The molecule has 42 heavy (non-hydrogen) atoms. The molecule has 1 aliphatic heterocycles. The highest BCUT2D eigenvalue weighted by atomic mass is 16.6. The van der Waals surface area contributed by atoms with Crippen molar-refractivity contribution in [2.24, 2.45) is 17.6 Å². The molecule has 2 amide bonds. The minimum Gasteiger partial charge on any atom is -0.506 e. The van der Waals surface area contributed by atoms with Crippen molar-refractivity contribution in [3.05, 3.63) is 59.7 Å². The quantitative estimate of drug-likeness (QED) is 0.162. The molecule has 11 heteroatoms. The highest BCUT2D eigenvalue weighted by molar-refractivity contribution is 6.04. The van der Waals surface area contributed by atoms with Gasteiger partial charge in [0, 0.05) is 43.9 Å². The maximum atomic E-state index is 13.0. The number of primary amides is 1. The smallest absolute Gasteiger partial charge is 0.405 e. The maximum Gasteiger partial charge on any atom is 0.405 e. The van der Waals surface area contributed by atoms with Crippen molar-refractivity contribution in [3.63, 3.8) is 0 Å². The summed E-state index contributed by atoms with van der Waals surface area (Å²) < 4.78 is 16.6. The number of rotatable bonds is 6. The van der Waals surface area contributed by atoms with E-state index in [1.54, 1.807) is 38.2 Å². The summed E-state index contributed by atoms with van der Waals surface area (Å²) >= 11 is 0. The summed E-state index contributed by atoms with van der Waals surface area (Å²) in [6, 6.07) is 1.28. The zero-order chi connectivity index (χ0) is 31.6. The van der Waals surface area contributed by atoms with Crippen LogP contribution >= 0.6 is 0 Å². The maximum absolute atomic E-state index is 13.0. The Morgan fingerprint density at radius 2 is 1.93 bits per heavy atom. The van der Waals surface area contributed by atoms with Gasteiger partial charge in [0.1, 0.15) is 17.6 Å². The molecule has 0 fully saturated rings. The standard InChI is InChI=1S/C31H45N3O8/c1-8-12-33-26-21-13-17(2)14-25(41-7)27(36)19(4)15-20(5)29(42-31(32)39)24(40-6)11-9-10-18(3)30(38)34-22(28(21)37)16-23(26)35/h8-11,15-17,19,24-25,27,29,33,35-37H,1,12-14H2,2-7H3,(H2,32,39)(H,34,38)/b11-9-,18-10+,20-15+/t17-,19+,24?,25+,27?,29?/m1/s1. The average molecular weight is 588 g/mol. The van der Waals surface area contributed by atoms with E-state index < -0.39 is 42.3 Å². The van der Waals surface area contributed by atoms with Gasteiger partial charge in [-0.15, -0.1) is 6.58 Å². The monoisotopic (exact) mass is 587 g/mol. The van der Waals surface area contributed by atoms with Gasteiger partial charge in [-0.1, -0.05) is 44.2 Å². The van der Waals surface area contributed by atoms with Crippen LogP contribution in [-0.2, 0) is 25.4 Å². The number of allylic oxidation sites excluding steroid dienone is 2. The van der Waals surface area contributed by atoms with Crippen LogP contribution in [0.4, 0.5) is 16.2 Å². The highest BCUT2D eigenvalue weighted by Gasteiger charge is 2.30. The summed E-state index contributed by atoms with van der Waals surface area (Å²) in [4.78, 5) is 24.7. The second-order valence-corrected chi connectivity index (χ2v) is 10.6. The Morgan fingerprint density at radius 1 is 1.24 bits per heavy atom. The number of phenols is 2.